The number of hydrogen-bond donors (Lipinski definition) is 1. The molecule has 0 spiro atoms. The maximum Gasteiger partial charge on any atom is 0.243 e. The summed E-state index contributed by atoms with van der Waals surface area (Å²) in [4.78, 5) is 12.9. The van der Waals surface area contributed by atoms with Crippen molar-refractivity contribution in [3.05, 3.63) is 64.7 Å². The van der Waals surface area contributed by atoms with Crippen LogP contribution in [0.3, 0.4) is 0 Å². The summed E-state index contributed by atoms with van der Waals surface area (Å²) in [5.74, 6) is -0.0307. The summed E-state index contributed by atoms with van der Waals surface area (Å²) in [5.41, 5.74) is 1.63. The first-order chi connectivity index (χ1) is 14.0. The normalized spacial score (nSPS) is 22.2. The van der Waals surface area contributed by atoms with Gasteiger partial charge in [0.15, 0.2) is 0 Å². The Hall–Kier alpha value is -1.89. The topological polar surface area (TPSA) is 66.5 Å². The van der Waals surface area contributed by atoms with E-state index in [4.69, 9.17) is 11.6 Å². The molecule has 1 amide bonds. The van der Waals surface area contributed by atoms with Gasteiger partial charge in [0.25, 0.3) is 0 Å². The van der Waals surface area contributed by atoms with E-state index in [-0.39, 0.29) is 24.3 Å². The van der Waals surface area contributed by atoms with E-state index in [1.54, 1.807) is 28.6 Å². The van der Waals surface area contributed by atoms with Crippen molar-refractivity contribution >= 4 is 27.5 Å². The van der Waals surface area contributed by atoms with Crippen LogP contribution in [0, 0.1) is 5.92 Å². The minimum absolute atomic E-state index is 0.0555. The second kappa shape index (κ2) is 8.46. The number of carbonyl (C=O) groups excluding carboxylic acids is 1. The molecule has 4 rings (SSSR count). The molecule has 0 radical (unpaired) electrons. The van der Waals surface area contributed by atoms with Crippen molar-refractivity contribution in [3.63, 3.8) is 0 Å². The van der Waals surface area contributed by atoms with Gasteiger partial charge in [0.05, 0.1) is 4.90 Å². The fraction of sp³-hybridized carbons (Fsp3) is 0.409. The molecule has 154 valence electrons. The number of nitrogens with one attached hydrogen (secondary N) is 1. The molecule has 29 heavy (non-hydrogen) atoms. The highest BCUT2D eigenvalue weighted by atomic mass is 35.5. The number of rotatable bonds is 6. The van der Waals surface area contributed by atoms with Gasteiger partial charge >= 0.3 is 0 Å². The van der Waals surface area contributed by atoms with E-state index in [0.717, 1.165) is 31.2 Å². The molecule has 1 saturated heterocycles. The van der Waals surface area contributed by atoms with Crippen LogP contribution in [0.2, 0.25) is 5.02 Å². The summed E-state index contributed by atoms with van der Waals surface area (Å²) in [6, 6.07) is 14.5. The lowest BCUT2D eigenvalue weighted by atomic mass is 10.1. The number of sulfonamides is 1. The molecule has 0 aromatic heterocycles. The van der Waals surface area contributed by atoms with E-state index in [0.29, 0.717) is 28.6 Å². The highest BCUT2D eigenvalue weighted by Gasteiger charge is 2.44. The Bertz CT molecular complexity index is 1000. The largest absolute Gasteiger partial charge is 0.352 e. The van der Waals surface area contributed by atoms with Crippen LogP contribution < -0.4 is 5.32 Å². The van der Waals surface area contributed by atoms with E-state index in [1.807, 2.05) is 24.3 Å². The van der Waals surface area contributed by atoms with Gasteiger partial charge in [-0.15, -0.1) is 0 Å². The highest BCUT2D eigenvalue weighted by Crippen LogP contribution is 2.49. The monoisotopic (exact) mass is 432 g/mol. The van der Waals surface area contributed by atoms with Crippen molar-refractivity contribution in [3.8, 4) is 0 Å². The quantitative estimate of drug-likeness (QED) is 0.751. The number of amides is 1. The third-order valence-electron chi connectivity index (χ3n) is 5.79. The molecule has 1 aliphatic carbocycles. The summed E-state index contributed by atoms with van der Waals surface area (Å²) >= 11 is 6.24. The van der Waals surface area contributed by atoms with Crippen molar-refractivity contribution < 1.29 is 13.2 Å². The molecule has 2 unspecified atom stereocenters. The number of piperidine rings is 1. The second-order valence-corrected chi connectivity index (χ2v) is 10.1. The van der Waals surface area contributed by atoms with Gasteiger partial charge in [0.2, 0.25) is 15.9 Å². The molecule has 1 N–H and O–H groups in total. The third-order valence-corrected chi connectivity index (χ3v) is 8.13. The van der Waals surface area contributed by atoms with Gasteiger partial charge in [-0.2, -0.15) is 4.31 Å². The van der Waals surface area contributed by atoms with Crippen molar-refractivity contribution in [2.45, 2.75) is 43.0 Å². The zero-order valence-corrected chi connectivity index (χ0v) is 17.8. The molecular weight excluding hydrogens is 408 g/mol. The van der Waals surface area contributed by atoms with E-state index in [1.165, 1.54) is 0 Å². The predicted octanol–water partition coefficient (Wildman–Crippen LogP) is 3.93. The molecule has 7 heteroatoms. The van der Waals surface area contributed by atoms with Crippen molar-refractivity contribution in [2.75, 3.05) is 13.1 Å². The molecule has 1 aliphatic heterocycles. The number of nitrogens with zero attached hydrogens (tertiary/aromatic N) is 1. The smallest absolute Gasteiger partial charge is 0.243 e. The Balaban J connectivity index is 1.43. The van der Waals surface area contributed by atoms with Gasteiger partial charge in [0.1, 0.15) is 0 Å². The lowest BCUT2D eigenvalue weighted by molar-refractivity contribution is -0.122. The molecule has 2 atom stereocenters. The van der Waals surface area contributed by atoms with E-state index in [9.17, 15) is 13.2 Å². The molecule has 1 saturated carbocycles. The summed E-state index contributed by atoms with van der Waals surface area (Å²) in [6.45, 7) is 1.32. The van der Waals surface area contributed by atoms with Gasteiger partial charge in [-0.1, -0.05) is 54.4 Å². The average Bonchev–Trinajstić information content (AvgIpc) is 3.54. The zero-order valence-electron chi connectivity index (χ0n) is 16.2. The van der Waals surface area contributed by atoms with Crippen LogP contribution in [-0.2, 0) is 21.4 Å². The van der Waals surface area contributed by atoms with Crippen LogP contribution in [0.5, 0.6) is 0 Å². The van der Waals surface area contributed by atoms with Crippen LogP contribution in [0.15, 0.2) is 53.4 Å². The van der Waals surface area contributed by atoms with Crippen LogP contribution >= 0.6 is 11.6 Å². The maximum absolute atomic E-state index is 13.1. The molecule has 1 heterocycles. The summed E-state index contributed by atoms with van der Waals surface area (Å²) < 4.78 is 27.7. The van der Waals surface area contributed by atoms with E-state index >= 15 is 0 Å². The summed E-state index contributed by atoms with van der Waals surface area (Å²) in [7, 11) is -3.54. The Morgan fingerprint density at radius 3 is 2.48 bits per heavy atom. The lowest BCUT2D eigenvalue weighted by Gasteiger charge is -2.26. The highest BCUT2D eigenvalue weighted by molar-refractivity contribution is 7.89. The maximum atomic E-state index is 13.1. The van der Waals surface area contributed by atoms with Crippen molar-refractivity contribution in [1.29, 1.82) is 0 Å². The average molecular weight is 433 g/mol. The molecule has 2 aromatic rings. The van der Waals surface area contributed by atoms with Gasteiger partial charge in [-0.05, 0) is 48.4 Å². The number of benzene rings is 2. The second-order valence-electron chi connectivity index (χ2n) is 7.76. The van der Waals surface area contributed by atoms with Gasteiger partial charge < -0.3 is 5.32 Å². The Morgan fingerprint density at radius 2 is 1.72 bits per heavy atom. The number of hydrogen-bond acceptors (Lipinski definition) is 3. The number of carbonyl (C=O) groups is 1. The SMILES string of the molecule is O=C(NCc1ccccc1S(=O)(=O)N1CCCCC1)C1CC1c1ccccc1Cl. The Kier molecular flexibility index (Phi) is 5.95. The zero-order chi connectivity index (χ0) is 20.4. The van der Waals surface area contributed by atoms with Gasteiger partial charge in [-0.3, -0.25) is 4.79 Å². The Morgan fingerprint density at radius 1 is 1.03 bits per heavy atom. The molecule has 2 aromatic carbocycles. The van der Waals surface area contributed by atoms with Crippen LogP contribution in [0.4, 0.5) is 0 Å². The molecule has 5 nitrogen and oxygen atoms in total. The fourth-order valence-corrected chi connectivity index (χ4v) is 6.08. The first-order valence-electron chi connectivity index (χ1n) is 10.1. The van der Waals surface area contributed by atoms with E-state index in [2.05, 4.69) is 5.32 Å². The standard InChI is InChI=1S/C22H25ClN2O3S/c23-20-10-4-3-9-17(20)18-14-19(18)22(26)24-15-16-8-2-5-11-21(16)29(27,28)25-12-6-1-7-13-25/h2-5,8-11,18-19H,1,6-7,12-15H2,(H,24,26). The molecule has 2 fully saturated rings. The van der Waals surface area contributed by atoms with Crippen molar-refractivity contribution in [1.82, 2.24) is 9.62 Å². The minimum atomic E-state index is -3.54. The first-order valence-corrected chi connectivity index (χ1v) is 11.9. The number of halogens is 1. The summed E-state index contributed by atoms with van der Waals surface area (Å²) in [5, 5.41) is 3.62. The summed E-state index contributed by atoms with van der Waals surface area (Å²) in [6.07, 6.45) is 3.62. The van der Waals surface area contributed by atoms with Crippen LogP contribution in [-0.4, -0.2) is 31.7 Å². The molecule has 0 bridgehead atoms. The van der Waals surface area contributed by atoms with Crippen LogP contribution in [0.25, 0.3) is 0 Å². The first kappa shape index (κ1) is 20.4. The van der Waals surface area contributed by atoms with Gasteiger partial charge in [0, 0.05) is 30.6 Å². The molecule has 2 aliphatic rings. The van der Waals surface area contributed by atoms with Crippen molar-refractivity contribution in [2.24, 2.45) is 5.92 Å². The van der Waals surface area contributed by atoms with E-state index < -0.39 is 10.0 Å². The fourth-order valence-electron chi connectivity index (χ4n) is 4.06. The van der Waals surface area contributed by atoms with Gasteiger partial charge in [-0.25, -0.2) is 8.42 Å². The van der Waals surface area contributed by atoms with Crippen LogP contribution in [0.1, 0.15) is 42.7 Å². The minimum Gasteiger partial charge on any atom is -0.352 e. The predicted molar refractivity (Wildman–Crippen MR) is 113 cm³/mol. The third kappa shape index (κ3) is 4.34. The lowest BCUT2D eigenvalue weighted by Crippen LogP contribution is -2.36. The Labute approximate surface area is 177 Å². The molecular formula is C22H25ClN2O3S.